The van der Waals surface area contributed by atoms with Gasteiger partial charge in [0.2, 0.25) is 0 Å². The molecule has 0 saturated carbocycles. The molecular weight excluding hydrogens is 358 g/mol. The number of methoxy groups -OCH3 is 1. The first-order chi connectivity index (χ1) is 10.5. The highest BCUT2D eigenvalue weighted by Gasteiger charge is 2.11. The van der Waals surface area contributed by atoms with E-state index in [1.54, 1.807) is 18.2 Å². The van der Waals surface area contributed by atoms with Crippen molar-refractivity contribution < 1.29 is 18.9 Å². The van der Waals surface area contributed by atoms with Crippen LogP contribution in [0.3, 0.4) is 0 Å². The Morgan fingerprint density at radius 2 is 2.23 bits per heavy atom. The monoisotopic (exact) mass is 367 g/mol. The van der Waals surface area contributed by atoms with Crippen molar-refractivity contribution in [3.05, 3.63) is 56.2 Å². The number of carbonyl (C=O) groups excluding carboxylic acids is 1. The summed E-state index contributed by atoms with van der Waals surface area (Å²) in [6, 6.07) is 7.37. The Morgan fingerprint density at radius 1 is 1.45 bits per heavy atom. The third-order valence-corrected chi connectivity index (χ3v) is 3.18. The van der Waals surface area contributed by atoms with Gasteiger partial charge >= 0.3 is 5.88 Å². The zero-order chi connectivity index (χ0) is 16.1. The van der Waals surface area contributed by atoms with Crippen LogP contribution in [0.4, 0.5) is 5.88 Å². The van der Waals surface area contributed by atoms with Gasteiger partial charge in [-0.05, 0) is 40.2 Å². The number of hydrogen-bond donors (Lipinski definition) is 1. The second kappa shape index (κ2) is 6.85. The quantitative estimate of drug-likeness (QED) is 0.496. The number of amides is 1. The fourth-order valence-electron chi connectivity index (χ4n) is 1.54. The second-order valence-corrected chi connectivity index (χ2v) is 4.84. The molecule has 1 N–H and O–H groups in total. The molecule has 0 saturated heterocycles. The molecule has 1 aromatic carbocycles. The van der Waals surface area contributed by atoms with Crippen molar-refractivity contribution in [1.29, 1.82) is 0 Å². The predicted molar refractivity (Wildman–Crippen MR) is 81.1 cm³/mol. The Morgan fingerprint density at radius 3 is 2.82 bits per heavy atom. The van der Waals surface area contributed by atoms with Gasteiger partial charge in [0.1, 0.15) is 10.7 Å². The van der Waals surface area contributed by atoms with Crippen molar-refractivity contribution in [2.45, 2.75) is 0 Å². The Kier molecular flexibility index (Phi) is 4.89. The van der Waals surface area contributed by atoms with E-state index in [4.69, 9.17) is 9.15 Å². The van der Waals surface area contributed by atoms with Gasteiger partial charge in [0.25, 0.3) is 5.91 Å². The molecule has 0 unspecified atom stereocenters. The number of nitrogens with zero attached hydrogens (tertiary/aromatic N) is 2. The zero-order valence-electron chi connectivity index (χ0n) is 11.3. The van der Waals surface area contributed by atoms with E-state index >= 15 is 0 Å². The van der Waals surface area contributed by atoms with Crippen LogP contribution in [0.2, 0.25) is 0 Å². The van der Waals surface area contributed by atoms with Crippen molar-refractivity contribution >= 4 is 33.9 Å². The maximum Gasteiger partial charge on any atom is 0.433 e. The number of halogens is 1. The van der Waals surface area contributed by atoms with E-state index in [-0.39, 0.29) is 5.76 Å². The van der Waals surface area contributed by atoms with E-state index in [0.717, 1.165) is 0 Å². The number of carbonyl (C=O) groups is 1. The molecular formula is C13H10BrN3O5. The first-order valence-electron chi connectivity index (χ1n) is 5.92. The Balaban J connectivity index is 2.01. The summed E-state index contributed by atoms with van der Waals surface area (Å²) >= 11 is 3.27. The fraction of sp³-hybridized carbons (Fsp3) is 0.0769. The third kappa shape index (κ3) is 3.70. The van der Waals surface area contributed by atoms with Crippen molar-refractivity contribution in [2.24, 2.45) is 5.10 Å². The lowest BCUT2D eigenvalue weighted by Gasteiger charge is -2.05. The van der Waals surface area contributed by atoms with Crippen molar-refractivity contribution in [3.63, 3.8) is 0 Å². The molecule has 0 aliphatic heterocycles. The molecule has 1 heterocycles. The molecule has 0 bridgehead atoms. The van der Waals surface area contributed by atoms with Crippen molar-refractivity contribution in [1.82, 2.24) is 5.43 Å². The summed E-state index contributed by atoms with van der Waals surface area (Å²) < 4.78 is 10.6. The van der Waals surface area contributed by atoms with Gasteiger partial charge in [-0.25, -0.2) is 5.43 Å². The third-order valence-electron chi connectivity index (χ3n) is 2.56. The summed E-state index contributed by atoms with van der Waals surface area (Å²) in [7, 11) is 1.52. The summed E-state index contributed by atoms with van der Waals surface area (Å²) in [5.74, 6) is -0.0848. The summed E-state index contributed by atoms with van der Waals surface area (Å²) in [6.07, 6.45) is 1.17. The van der Waals surface area contributed by atoms with Gasteiger partial charge in [-0.3, -0.25) is 14.9 Å². The van der Waals surface area contributed by atoms with E-state index in [0.29, 0.717) is 15.8 Å². The number of furan rings is 1. The SMILES string of the molecule is COc1ccc(C(=O)NN=Cc2ccc([N+](=O)[O-])o2)cc1Br. The largest absolute Gasteiger partial charge is 0.496 e. The topological polar surface area (TPSA) is 107 Å². The number of rotatable bonds is 5. The highest BCUT2D eigenvalue weighted by molar-refractivity contribution is 9.10. The minimum Gasteiger partial charge on any atom is -0.496 e. The minimum atomic E-state index is -0.662. The molecule has 114 valence electrons. The van der Waals surface area contributed by atoms with Gasteiger partial charge in [0.15, 0.2) is 5.76 Å². The first-order valence-corrected chi connectivity index (χ1v) is 6.71. The lowest BCUT2D eigenvalue weighted by Crippen LogP contribution is -2.17. The van der Waals surface area contributed by atoms with Crippen LogP contribution in [0.1, 0.15) is 16.1 Å². The van der Waals surface area contributed by atoms with E-state index in [9.17, 15) is 14.9 Å². The van der Waals surface area contributed by atoms with Gasteiger partial charge in [0.05, 0.1) is 23.9 Å². The summed E-state index contributed by atoms with van der Waals surface area (Å²) in [4.78, 5) is 21.7. The average molecular weight is 368 g/mol. The molecule has 1 amide bonds. The molecule has 0 spiro atoms. The number of nitro groups is 1. The van der Waals surface area contributed by atoms with Crippen LogP contribution in [0.15, 0.2) is 44.3 Å². The predicted octanol–water partition coefficient (Wildman–Crippen LogP) is 2.72. The normalized spacial score (nSPS) is 10.6. The first kappa shape index (κ1) is 15.7. The molecule has 2 rings (SSSR count). The van der Waals surface area contributed by atoms with Gasteiger partial charge < -0.3 is 9.15 Å². The molecule has 0 atom stereocenters. The highest BCUT2D eigenvalue weighted by Crippen LogP contribution is 2.25. The van der Waals surface area contributed by atoms with Crippen LogP contribution in [0, 0.1) is 10.1 Å². The standard InChI is InChI=1S/C13H10BrN3O5/c1-21-11-4-2-8(6-10(11)14)13(18)16-15-7-9-3-5-12(22-9)17(19)20/h2-7H,1H3,(H,16,18). The van der Waals surface area contributed by atoms with Crippen molar-refractivity contribution in [2.75, 3.05) is 7.11 Å². The van der Waals surface area contributed by atoms with E-state index in [1.165, 1.54) is 25.5 Å². The molecule has 1 aromatic heterocycles. The lowest BCUT2D eigenvalue weighted by atomic mass is 10.2. The Labute approximate surface area is 133 Å². The molecule has 8 nitrogen and oxygen atoms in total. The van der Waals surface area contributed by atoms with Gasteiger partial charge in [-0.1, -0.05) is 0 Å². The molecule has 0 aliphatic rings. The summed E-state index contributed by atoms with van der Waals surface area (Å²) in [5, 5.41) is 14.1. The minimum absolute atomic E-state index is 0.155. The van der Waals surface area contributed by atoms with Gasteiger partial charge in [-0.15, -0.1) is 0 Å². The van der Waals surface area contributed by atoms with Crippen LogP contribution in [0.25, 0.3) is 0 Å². The Hall–Kier alpha value is -2.68. The molecule has 9 heteroatoms. The van der Waals surface area contributed by atoms with Crippen LogP contribution in [-0.2, 0) is 0 Å². The number of benzene rings is 1. The van der Waals surface area contributed by atoms with Crippen LogP contribution in [-0.4, -0.2) is 24.2 Å². The second-order valence-electron chi connectivity index (χ2n) is 3.98. The maximum absolute atomic E-state index is 11.9. The smallest absolute Gasteiger partial charge is 0.433 e. The number of hydrogen-bond acceptors (Lipinski definition) is 6. The van der Waals surface area contributed by atoms with Crippen LogP contribution in [0.5, 0.6) is 5.75 Å². The Bertz CT molecular complexity index is 741. The molecule has 0 radical (unpaired) electrons. The van der Waals surface area contributed by atoms with Gasteiger partial charge in [0, 0.05) is 5.56 Å². The average Bonchev–Trinajstić information content (AvgIpc) is 2.96. The maximum atomic E-state index is 11.9. The zero-order valence-corrected chi connectivity index (χ0v) is 12.9. The number of nitrogens with one attached hydrogen (secondary N) is 1. The number of hydrazone groups is 1. The summed E-state index contributed by atoms with van der Waals surface area (Å²) in [6.45, 7) is 0. The molecule has 0 aliphatic carbocycles. The van der Waals surface area contributed by atoms with E-state index < -0.39 is 16.7 Å². The fourth-order valence-corrected chi connectivity index (χ4v) is 2.08. The van der Waals surface area contributed by atoms with E-state index in [1.807, 2.05) is 0 Å². The van der Waals surface area contributed by atoms with Crippen LogP contribution >= 0.6 is 15.9 Å². The molecule has 22 heavy (non-hydrogen) atoms. The van der Waals surface area contributed by atoms with Crippen molar-refractivity contribution in [3.8, 4) is 5.75 Å². The van der Waals surface area contributed by atoms with Crippen LogP contribution < -0.4 is 10.2 Å². The van der Waals surface area contributed by atoms with Gasteiger partial charge in [-0.2, -0.15) is 5.10 Å². The highest BCUT2D eigenvalue weighted by atomic mass is 79.9. The lowest BCUT2D eigenvalue weighted by molar-refractivity contribution is -0.402. The number of ether oxygens (including phenoxy) is 1. The van der Waals surface area contributed by atoms with E-state index in [2.05, 4.69) is 26.5 Å². The summed E-state index contributed by atoms with van der Waals surface area (Å²) in [5.41, 5.74) is 2.66. The molecule has 2 aromatic rings. The molecule has 0 fully saturated rings.